The third-order valence-electron chi connectivity index (χ3n) is 4.21. The van der Waals surface area contributed by atoms with Crippen molar-refractivity contribution in [1.29, 1.82) is 0 Å². The minimum atomic E-state index is -0.291. The molecule has 0 saturated heterocycles. The van der Waals surface area contributed by atoms with E-state index in [0.29, 0.717) is 5.58 Å². The summed E-state index contributed by atoms with van der Waals surface area (Å²) in [5.41, 5.74) is 4.32. The van der Waals surface area contributed by atoms with Crippen LogP contribution >= 0.6 is 0 Å². The van der Waals surface area contributed by atoms with Gasteiger partial charge < -0.3 is 8.83 Å². The highest BCUT2D eigenvalue weighted by atomic mass is 16.4. The summed E-state index contributed by atoms with van der Waals surface area (Å²) in [7, 11) is 0. The molecule has 0 spiro atoms. The Balaban J connectivity index is 2.46. The molecule has 0 bridgehead atoms. The molecule has 0 N–H and O–H groups in total. The molecule has 3 nitrogen and oxygen atoms in total. The van der Waals surface area contributed by atoms with Gasteiger partial charge in [0.2, 0.25) is 0 Å². The van der Waals surface area contributed by atoms with Crippen molar-refractivity contribution in [3.8, 4) is 0 Å². The highest BCUT2D eigenvalue weighted by Gasteiger charge is 2.22. The van der Waals surface area contributed by atoms with Crippen LogP contribution < -0.4 is 5.63 Å². The first-order chi connectivity index (χ1) is 10.3. The zero-order valence-electron chi connectivity index (χ0n) is 13.9. The van der Waals surface area contributed by atoms with Gasteiger partial charge in [0.1, 0.15) is 11.2 Å². The SMILES string of the molecule is CCCc1cc(=O)oc2c(C)c3occ(C(C)(C)C)c3cc12. The fourth-order valence-corrected chi connectivity index (χ4v) is 3.09. The number of rotatable bonds is 2. The van der Waals surface area contributed by atoms with E-state index in [0.717, 1.165) is 40.3 Å². The maximum absolute atomic E-state index is 11.8. The van der Waals surface area contributed by atoms with E-state index in [1.165, 1.54) is 5.56 Å². The number of hydrogen-bond donors (Lipinski definition) is 0. The first kappa shape index (κ1) is 14.9. The third kappa shape index (κ3) is 2.25. The van der Waals surface area contributed by atoms with Crippen molar-refractivity contribution in [2.24, 2.45) is 0 Å². The van der Waals surface area contributed by atoms with E-state index in [9.17, 15) is 4.79 Å². The molecule has 0 amide bonds. The second-order valence-electron chi connectivity index (χ2n) is 6.99. The molecule has 2 aromatic heterocycles. The maximum Gasteiger partial charge on any atom is 0.336 e. The van der Waals surface area contributed by atoms with Crippen LogP contribution in [0.25, 0.3) is 21.9 Å². The lowest BCUT2D eigenvalue weighted by atomic mass is 9.86. The Bertz CT molecular complexity index is 904. The van der Waals surface area contributed by atoms with Crippen LogP contribution in [0.4, 0.5) is 0 Å². The van der Waals surface area contributed by atoms with Gasteiger partial charge in [-0.2, -0.15) is 0 Å². The van der Waals surface area contributed by atoms with Gasteiger partial charge in [-0.3, -0.25) is 0 Å². The van der Waals surface area contributed by atoms with Gasteiger partial charge in [0.05, 0.1) is 6.26 Å². The molecule has 0 radical (unpaired) electrons. The second-order valence-corrected chi connectivity index (χ2v) is 6.99. The van der Waals surface area contributed by atoms with Crippen LogP contribution in [0.15, 0.2) is 32.0 Å². The molecule has 0 aliphatic rings. The Morgan fingerprint density at radius 3 is 2.45 bits per heavy atom. The van der Waals surface area contributed by atoms with Crippen LogP contribution in [-0.4, -0.2) is 0 Å². The Morgan fingerprint density at radius 2 is 1.82 bits per heavy atom. The Morgan fingerprint density at radius 1 is 1.09 bits per heavy atom. The molecule has 116 valence electrons. The van der Waals surface area contributed by atoms with Crippen molar-refractivity contribution in [2.75, 3.05) is 0 Å². The minimum absolute atomic E-state index is 0.00586. The second kappa shape index (κ2) is 5.01. The predicted octanol–water partition coefficient (Wildman–Crippen LogP) is 5.10. The largest absolute Gasteiger partial charge is 0.464 e. The quantitative estimate of drug-likeness (QED) is 0.618. The summed E-state index contributed by atoms with van der Waals surface area (Å²) in [6, 6.07) is 3.74. The van der Waals surface area contributed by atoms with E-state index < -0.39 is 0 Å². The summed E-state index contributed by atoms with van der Waals surface area (Å²) in [5, 5.41) is 2.14. The molecule has 3 rings (SSSR count). The number of furan rings is 1. The first-order valence-electron chi connectivity index (χ1n) is 7.81. The summed E-state index contributed by atoms with van der Waals surface area (Å²) in [6.45, 7) is 10.6. The molecular formula is C19H22O3. The van der Waals surface area contributed by atoms with Gasteiger partial charge in [-0.25, -0.2) is 4.79 Å². The highest BCUT2D eigenvalue weighted by molar-refractivity contribution is 5.99. The van der Waals surface area contributed by atoms with Gasteiger partial charge in [-0.15, -0.1) is 0 Å². The average Bonchev–Trinajstić information content (AvgIpc) is 2.84. The van der Waals surface area contributed by atoms with Gasteiger partial charge in [-0.1, -0.05) is 34.1 Å². The molecule has 0 aliphatic heterocycles. The zero-order chi connectivity index (χ0) is 16.1. The molecule has 2 heterocycles. The molecular weight excluding hydrogens is 276 g/mol. The molecule has 0 unspecified atom stereocenters. The molecule has 1 aromatic carbocycles. The first-order valence-corrected chi connectivity index (χ1v) is 7.81. The van der Waals surface area contributed by atoms with E-state index in [2.05, 4.69) is 33.8 Å². The zero-order valence-corrected chi connectivity index (χ0v) is 13.9. The maximum atomic E-state index is 11.8. The lowest BCUT2D eigenvalue weighted by molar-refractivity contribution is 0.549. The molecule has 3 heteroatoms. The van der Waals surface area contributed by atoms with Crippen molar-refractivity contribution in [3.05, 3.63) is 45.5 Å². The third-order valence-corrected chi connectivity index (χ3v) is 4.21. The normalized spacial score (nSPS) is 12.4. The lowest BCUT2D eigenvalue weighted by Crippen LogP contribution is -2.10. The van der Waals surface area contributed by atoms with E-state index in [1.54, 1.807) is 6.07 Å². The van der Waals surface area contributed by atoms with Crippen LogP contribution in [0, 0.1) is 6.92 Å². The van der Waals surface area contributed by atoms with Gasteiger partial charge in [0, 0.05) is 28.0 Å². The number of aryl methyl sites for hydroxylation is 2. The van der Waals surface area contributed by atoms with Crippen LogP contribution in [0.3, 0.4) is 0 Å². The van der Waals surface area contributed by atoms with E-state index in [4.69, 9.17) is 8.83 Å². The van der Waals surface area contributed by atoms with Gasteiger partial charge >= 0.3 is 5.63 Å². The van der Waals surface area contributed by atoms with Crippen LogP contribution in [0.2, 0.25) is 0 Å². The van der Waals surface area contributed by atoms with Crippen molar-refractivity contribution in [2.45, 2.75) is 52.9 Å². The van der Waals surface area contributed by atoms with Gasteiger partial charge in [0.25, 0.3) is 0 Å². The van der Waals surface area contributed by atoms with Crippen molar-refractivity contribution in [1.82, 2.24) is 0 Å². The number of benzene rings is 1. The van der Waals surface area contributed by atoms with Gasteiger partial charge in [-0.05, 0) is 30.4 Å². The van der Waals surface area contributed by atoms with Crippen LogP contribution in [0.1, 0.15) is 50.8 Å². The summed E-state index contributed by atoms with van der Waals surface area (Å²) in [5.74, 6) is 0. The number of fused-ring (bicyclic) bond motifs is 2. The lowest BCUT2D eigenvalue weighted by Gasteiger charge is -2.17. The monoisotopic (exact) mass is 298 g/mol. The van der Waals surface area contributed by atoms with E-state index >= 15 is 0 Å². The Hall–Kier alpha value is -2.03. The van der Waals surface area contributed by atoms with Crippen LogP contribution in [0.5, 0.6) is 0 Å². The smallest absolute Gasteiger partial charge is 0.336 e. The summed E-state index contributed by atoms with van der Waals surface area (Å²) < 4.78 is 11.3. The predicted molar refractivity (Wildman–Crippen MR) is 89.7 cm³/mol. The molecule has 22 heavy (non-hydrogen) atoms. The standard InChI is InChI=1S/C19H22O3/c1-6-7-12-8-16(20)22-18-11(2)17-14(9-13(12)18)15(10-21-17)19(3,4)5/h8-10H,6-7H2,1-5H3. The Kier molecular flexibility index (Phi) is 3.39. The number of hydrogen-bond acceptors (Lipinski definition) is 3. The van der Waals surface area contributed by atoms with Gasteiger partial charge in [0.15, 0.2) is 0 Å². The Labute approximate surface area is 129 Å². The molecule has 0 fully saturated rings. The fraction of sp³-hybridized carbons (Fsp3) is 0.421. The van der Waals surface area contributed by atoms with Crippen molar-refractivity contribution >= 4 is 21.9 Å². The van der Waals surface area contributed by atoms with Crippen molar-refractivity contribution in [3.63, 3.8) is 0 Å². The van der Waals surface area contributed by atoms with E-state index in [1.807, 2.05) is 13.2 Å². The summed E-state index contributed by atoms with van der Waals surface area (Å²) in [4.78, 5) is 11.8. The van der Waals surface area contributed by atoms with Crippen molar-refractivity contribution < 1.29 is 8.83 Å². The summed E-state index contributed by atoms with van der Waals surface area (Å²) in [6.07, 6.45) is 3.69. The molecule has 0 aliphatic carbocycles. The highest BCUT2D eigenvalue weighted by Crippen LogP contribution is 2.37. The topological polar surface area (TPSA) is 43.4 Å². The molecule has 0 saturated carbocycles. The fourth-order valence-electron chi connectivity index (χ4n) is 3.09. The summed E-state index contributed by atoms with van der Waals surface area (Å²) >= 11 is 0. The van der Waals surface area contributed by atoms with Crippen LogP contribution in [-0.2, 0) is 11.8 Å². The molecule has 0 atom stereocenters. The molecule has 3 aromatic rings. The minimum Gasteiger partial charge on any atom is -0.464 e. The van der Waals surface area contributed by atoms with E-state index in [-0.39, 0.29) is 11.0 Å². The average molecular weight is 298 g/mol.